The summed E-state index contributed by atoms with van der Waals surface area (Å²) >= 11 is 3.33. The van der Waals surface area contributed by atoms with E-state index in [4.69, 9.17) is 0 Å². The second-order valence-electron chi connectivity index (χ2n) is 8.66. The van der Waals surface area contributed by atoms with Crippen LogP contribution in [0.3, 0.4) is 0 Å². The molecule has 0 radical (unpaired) electrons. The first kappa shape index (κ1) is 24.6. The summed E-state index contributed by atoms with van der Waals surface area (Å²) in [5, 5.41) is 8.60. The van der Waals surface area contributed by atoms with Gasteiger partial charge in [-0.05, 0) is 51.9 Å². The van der Waals surface area contributed by atoms with Gasteiger partial charge in [-0.15, -0.1) is 0 Å². The van der Waals surface area contributed by atoms with Crippen molar-refractivity contribution in [1.29, 1.82) is 0 Å². The number of nitrogens with one attached hydrogen (secondary N) is 1. The van der Waals surface area contributed by atoms with E-state index in [0.29, 0.717) is 26.2 Å². The van der Waals surface area contributed by atoms with Gasteiger partial charge in [0.1, 0.15) is 0 Å². The molecule has 4 aromatic rings. The van der Waals surface area contributed by atoms with Crippen molar-refractivity contribution in [1.82, 2.24) is 14.6 Å². The van der Waals surface area contributed by atoms with Gasteiger partial charge in [0.25, 0.3) is 5.91 Å². The first-order chi connectivity index (χ1) is 17.4. The van der Waals surface area contributed by atoms with Crippen LogP contribution >= 0.6 is 15.9 Å². The van der Waals surface area contributed by atoms with Gasteiger partial charge in [-0.1, -0.05) is 64.5 Å². The number of hydrazone groups is 1. The SMILES string of the molecule is O=C(CN1CCN(S(=O)(=O)c2ccc(Br)cc2)CC1)N/N=C\c1c2ccccc2cc2ccccc12. The fourth-order valence-corrected chi connectivity index (χ4v) is 6.17. The molecule has 0 aromatic heterocycles. The zero-order valence-electron chi connectivity index (χ0n) is 19.5. The van der Waals surface area contributed by atoms with Crippen molar-refractivity contribution in [3.63, 3.8) is 0 Å². The summed E-state index contributed by atoms with van der Waals surface area (Å²) < 4.78 is 28.1. The fourth-order valence-electron chi connectivity index (χ4n) is 4.48. The molecule has 1 aliphatic heterocycles. The van der Waals surface area contributed by atoms with Crippen LogP contribution in [0.4, 0.5) is 0 Å². The number of benzene rings is 4. The molecule has 0 aliphatic carbocycles. The molecule has 1 aliphatic rings. The molecule has 0 bridgehead atoms. The highest BCUT2D eigenvalue weighted by atomic mass is 79.9. The zero-order chi connectivity index (χ0) is 25.1. The third kappa shape index (κ3) is 5.19. The number of hydrogen-bond acceptors (Lipinski definition) is 5. The molecule has 9 heteroatoms. The predicted octanol–water partition coefficient (Wildman–Crippen LogP) is 4.21. The third-order valence-electron chi connectivity index (χ3n) is 6.35. The van der Waals surface area contributed by atoms with Crippen LogP contribution in [0, 0.1) is 0 Å². The lowest BCUT2D eigenvalue weighted by Crippen LogP contribution is -2.50. The molecule has 4 aromatic carbocycles. The number of amides is 1. The molecule has 0 saturated carbocycles. The second kappa shape index (κ2) is 10.5. The summed E-state index contributed by atoms with van der Waals surface area (Å²) in [6.07, 6.45) is 1.70. The second-order valence-corrected chi connectivity index (χ2v) is 11.5. The van der Waals surface area contributed by atoms with Gasteiger partial charge in [0.05, 0.1) is 17.7 Å². The number of carbonyl (C=O) groups is 1. The monoisotopic (exact) mass is 564 g/mol. The lowest BCUT2D eigenvalue weighted by Gasteiger charge is -2.33. The molecular weight excluding hydrogens is 540 g/mol. The van der Waals surface area contributed by atoms with E-state index in [1.807, 2.05) is 41.3 Å². The first-order valence-electron chi connectivity index (χ1n) is 11.6. The van der Waals surface area contributed by atoms with Gasteiger partial charge in [-0.2, -0.15) is 9.41 Å². The molecular formula is C27H25BrN4O3S. The van der Waals surface area contributed by atoms with Crippen molar-refractivity contribution in [3.05, 3.63) is 88.9 Å². The highest BCUT2D eigenvalue weighted by Crippen LogP contribution is 2.27. The molecule has 184 valence electrons. The molecule has 0 atom stereocenters. The van der Waals surface area contributed by atoms with Gasteiger partial charge < -0.3 is 0 Å². The van der Waals surface area contributed by atoms with Crippen molar-refractivity contribution in [2.75, 3.05) is 32.7 Å². The first-order valence-corrected chi connectivity index (χ1v) is 13.9. The number of nitrogens with zero attached hydrogens (tertiary/aromatic N) is 3. The Hall–Kier alpha value is -3.11. The highest BCUT2D eigenvalue weighted by Gasteiger charge is 2.29. The lowest BCUT2D eigenvalue weighted by molar-refractivity contribution is -0.122. The van der Waals surface area contributed by atoms with Crippen LogP contribution in [0.2, 0.25) is 0 Å². The molecule has 36 heavy (non-hydrogen) atoms. The smallest absolute Gasteiger partial charge is 0.254 e. The summed E-state index contributed by atoms with van der Waals surface area (Å²) in [7, 11) is -3.55. The van der Waals surface area contributed by atoms with Gasteiger partial charge in [0.2, 0.25) is 10.0 Å². The molecule has 0 spiro atoms. The number of piperazine rings is 1. The standard InChI is InChI=1S/C27H25BrN4O3S/c28-22-9-11-23(12-10-22)36(34,35)32-15-13-31(14-16-32)19-27(33)30-29-18-26-24-7-3-1-5-20(24)17-21-6-2-4-8-25(21)26/h1-12,17-18H,13-16,19H2,(H,30,33)/b29-18-. The Morgan fingerprint density at radius 3 is 2.08 bits per heavy atom. The van der Waals surface area contributed by atoms with Crippen molar-refractivity contribution in [2.24, 2.45) is 5.10 Å². The van der Waals surface area contributed by atoms with Crippen LogP contribution in [0.5, 0.6) is 0 Å². The van der Waals surface area contributed by atoms with Crippen molar-refractivity contribution < 1.29 is 13.2 Å². The van der Waals surface area contributed by atoms with Crippen LogP contribution in [0.25, 0.3) is 21.5 Å². The molecule has 7 nitrogen and oxygen atoms in total. The van der Waals surface area contributed by atoms with Crippen LogP contribution in [-0.2, 0) is 14.8 Å². The van der Waals surface area contributed by atoms with Gasteiger partial charge in [0.15, 0.2) is 0 Å². The van der Waals surface area contributed by atoms with E-state index in [9.17, 15) is 13.2 Å². The van der Waals surface area contributed by atoms with E-state index in [0.717, 1.165) is 31.6 Å². The Morgan fingerprint density at radius 1 is 0.889 bits per heavy atom. The minimum atomic E-state index is -3.55. The molecule has 5 rings (SSSR count). The maximum absolute atomic E-state index is 12.9. The summed E-state index contributed by atoms with van der Waals surface area (Å²) in [6, 6.07) is 25.0. The third-order valence-corrected chi connectivity index (χ3v) is 8.79. The average Bonchev–Trinajstić information content (AvgIpc) is 2.89. The number of sulfonamides is 1. The largest absolute Gasteiger partial charge is 0.292 e. The maximum atomic E-state index is 12.9. The molecule has 1 saturated heterocycles. The quantitative estimate of drug-likeness (QED) is 0.216. The Balaban J connectivity index is 1.21. The Kier molecular flexibility index (Phi) is 7.15. The Labute approximate surface area is 218 Å². The average molecular weight is 565 g/mol. The van der Waals surface area contributed by atoms with Crippen LogP contribution in [0.1, 0.15) is 5.56 Å². The molecule has 1 fully saturated rings. The van der Waals surface area contributed by atoms with Gasteiger partial charge in [-0.25, -0.2) is 13.8 Å². The number of rotatable bonds is 6. The normalized spacial score (nSPS) is 15.6. The summed E-state index contributed by atoms with van der Waals surface area (Å²) in [5.74, 6) is -0.236. The van der Waals surface area contributed by atoms with Crippen LogP contribution < -0.4 is 5.43 Å². The van der Waals surface area contributed by atoms with Crippen molar-refractivity contribution >= 4 is 59.6 Å². The van der Waals surface area contributed by atoms with Crippen molar-refractivity contribution in [2.45, 2.75) is 4.90 Å². The molecule has 1 heterocycles. The zero-order valence-corrected chi connectivity index (χ0v) is 21.9. The van der Waals surface area contributed by atoms with Gasteiger partial charge >= 0.3 is 0 Å². The number of carbonyl (C=O) groups excluding carboxylic acids is 1. The van der Waals surface area contributed by atoms with E-state index >= 15 is 0 Å². The van der Waals surface area contributed by atoms with E-state index in [-0.39, 0.29) is 17.3 Å². The van der Waals surface area contributed by atoms with E-state index in [1.165, 1.54) is 4.31 Å². The summed E-state index contributed by atoms with van der Waals surface area (Å²) in [4.78, 5) is 14.8. The number of fused-ring (bicyclic) bond motifs is 2. The van der Waals surface area contributed by atoms with Crippen molar-refractivity contribution in [3.8, 4) is 0 Å². The number of halogens is 1. The van der Waals surface area contributed by atoms with E-state index in [1.54, 1.807) is 30.5 Å². The van der Waals surface area contributed by atoms with E-state index < -0.39 is 10.0 Å². The molecule has 0 unspecified atom stereocenters. The number of hydrogen-bond donors (Lipinski definition) is 1. The topological polar surface area (TPSA) is 82.1 Å². The van der Waals surface area contributed by atoms with Gasteiger partial charge in [-0.3, -0.25) is 9.69 Å². The van der Waals surface area contributed by atoms with E-state index in [2.05, 4.69) is 44.7 Å². The van der Waals surface area contributed by atoms with Crippen LogP contribution in [0.15, 0.2) is 93.3 Å². The predicted molar refractivity (Wildman–Crippen MR) is 147 cm³/mol. The molecule has 1 amide bonds. The summed E-state index contributed by atoms with van der Waals surface area (Å²) in [6.45, 7) is 1.76. The lowest BCUT2D eigenvalue weighted by atomic mass is 9.97. The minimum absolute atomic E-state index is 0.153. The molecule has 1 N–H and O–H groups in total. The Morgan fingerprint density at radius 2 is 1.47 bits per heavy atom. The fraction of sp³-hybridized carbons (Fsp3) is 0.185. The van der Waals surface area contributed by atoms with Crippen LogP contribution in [-0.4, -0.2) is 62.5 Å². The Bertz CT molecular complexity index is 1490. The maximum Gasteiger partial charge on any atom is 0.254 e. The minimum Gasteiger partial charge on any atom is -0.292 e. The summed E-state index contributed by atoms with van der Waals surface area (Å²) in [5.41, 5.74) is 3.59. The highest BCUT2D eigenvalue weighted by molar-refractivity contribution is 9.10. The van der Waals surface area contributed by atoms with Gasteiger partial charge in [0, 0.05) is 36.2 Å².